The van der Waals surface area contributed by atoms with Crippen molar-refractivity contribution in [2.24, 2.45) is 11.8 Å². The van der Waals surface area contributed by atoms with Gasteiger partial charge in [0.1, 0.15) is 0 Å². The predicted molar refractivity (Wildman–Crippen MR) is 61.9 cm³/mol. The molecule has 0 spiro atoms. The van der Waals surface area contributed by atoms with Crippen molar-refractivity contribution in [2.75, 3.05) is 5.88 Å². The van der Waals surface area contributed by atoms with E-state index >= 15 is 0 Å². The highest BCUT2D eigenvalue weighted by Gasteiger charge is 2.38. The maximum absolute atomic E-state index is 11.7. The molecule has 15 heavy (non-hydrogen) atoms. The van der Waals surface area contributed by atoms with Crippen LogP contribution < -0.4 is 5.32 Å². The van der Waals surface area contributed by atoms with Crippen LogP contribution >= 0.6 is 11.6 Å². The summed E-state index contributed by atoms with van der Waals surface area (Å²) in [4.78, 5) is 11.7. The Kier molecular flexibility index (Phi) is 3.24. The van der Waals surface area contributed by atoms with Crippen molar-refractivity contribution in [3.8, 4) is 0 Å². The Morgan fingerprint density at radius 3 is 2.40 bits per heavy atom. The van der Waals surface area contributed by atoms with Gasteiger partial charge in [-0.1, -0.05) is 6.92 Å². The van der Waals surface area contributed by atoms with Crippen LogP contribution in [0, 0.1) is 11.8 Å². The van der Waals surface area contributed by atoms with Gasteiger partial charge in [0.2, 0.25) is 5.91 Å². The average molecular weight is 230 g/mol. The molecule has 0 radical (unpaired) electrons. The molecule has 2 aliphatic carbocycles. The number of nitrogens with one attached hydrogen (secondary N) is 1. The van der Waals surface area contributed by atoms with Gasteiger partial charge in [-0.3, -0.25) is 4.79 Å². The molecule has 0 saturated heterocycles. The minimum atomic E-state index is -0.0895. The normalized spacial score (nSPS) is 36.3. The molecule has 1 N–H and O–H groups in total. The number of carbonyl (C=O) groups excluding carboxylic acids is 1. The molecule has 2 rings (SSSR count). The lowest BCUT2D eigenvalue weighted by Crippen LogP contribution is -2.52. The molecule has 86 valence electrons. The molecule has 2 nitrogen and oxygen atoms in total. The number of halogens is 1. The Morgan fingerprint density at radius 2 is 1.93 bits per heavy atom. The molecule has 2 aliphatic rings. The van der Waals surface area contributed by atoms with Crippen molar-refractivity contribution >= 4 is 17.5 Å². The fraction of sp³-hybridized carbons (Fsp3) is 0.917. The van der Waals surface area contributed by atoms with Crippen molar-refractivity contribution in [1.29, 1.82) is 0 Å². The molecule has 0 aromatic rings. The van der Waals surface area contributed by atoms with E-state index in [1.165, 1.54) is 12.8 Å². The van der Waals surface area contributed by atoms with Crippen LogP contribution in [0.5, 0.6) is 0 Å². The third kappa shape index (κ3) is 2.66. The number of hydrogen-bond donors (Lipinski definition) is 1. The van der Waals surface area contributed by atoms with Gasteiger partial charge < -0.3 is 5.32 Å². The van der Waals surface area contributed by atoms with E-state index in [9.17, 15) is 4.79 Å². The van der Waals surface area contributed by atoms with E-state index in [1.807, 2.05) is 0 Å². The van der Waals surface area contributed by atoms with Gasteiger partial charge in [0.15, 0.2) is 0 Å². The number of rotatable bonds is 3. The van der Waals surface area contributed by atoms with Crippen LogP contribution in [0.15, 0.2) is 0 Å². The third-order valence-corrected chi connectivity index (χ3v) is 4.34. The smallest absolute Gasteiger partial charge is 0.223 e. The number of alkyl halides is 1. The van der Waals surface area contributed by atoms with Crippen LogP contribution in [-0.2, 0) is 4.79 Å². The monoisotopic (exact) mass is 229 g/mol. The standard InChI is InChI=1S/C12H20ClNO/c1-9-4-6-12(8-13,7-5-9)14-11(15)10-2-3-10/h9-10H,2-8H2,1H3,(H,14,15). The Labute approximate surface area is 96.8 Å². The average Bonchev–Trinajstić information content (AvgIpc) is 3.05. The molecule has 3 heteroatoms. The predicted octanol–water partition coefficient (Wildman–Crippen LogP) is 2.70. The molecule has 0 atom stereocenters. The zero-order valence-electron chi connectivity index (χ0n) is 9.39. The molecular formula is C12H20ClNO. The summed E-state index contributed by atoms with van der Waals surface area (Å²) in [6, 6.07) is 0. The van der Waals surface area contributed by atoms with E-state index in [0.717, 1.165) is 31.6 Å². The molecule has 1 amide bonds. The summed E-state index contributed by atoms with van der Waals surface area (Å²) in [6.07, 6.45) is 6.63. The number of amides is 1. The highest BCUT2D eigenvalue weighted by atomic mass is 35.5. The van der Waals surface area contributed by atoms with E-state index in [0.29, 0.717) is 11.8 Å². The highest BCUT2D eigenvalue weighted by molar-refractivity contribution is 6.18. The first-order valence-electron chi connectivity index (χ1n) is 6.03. The zero-order chi connectivity index (χ0) is 10.9. The van der Waals surface area contributed by atoms with Crippen LogP contribution in [0.25, 0.3) is 0 Å². The first-order valence-corrected chi connectivity index (χ1v) is 6.57. The molecule has 0 heterocycles. The molecule has 0 aromatic carbocycles. The van der Waals surface area contributed by atoms with Crippen LogP contribution in [0.1, 0.15) is 45.4 Å². The third-order valence-electron chi connectivity index (χ3n) is 3.82. The fourth-order valence-electron chi connectivity index (χ4n) is 2.32. The molecule has 2 saturated carbocycles. The first-order chi connectivity index (χ1) is 7.15. The van der Waals surface area contributed by atoms with E-state index < -0.39 is 0 Å². The maximum atomic E-state index is 11.7. The molecule has 0 unspecified atom stereocenters. The molecule has 2 fully saturated rings. The number of carbonyl (C=O) groups is 1. The van der Waals surface area contributed by atoms with Crippen molar-refractivity contribution in [3.05, 3.63) is 0 Å². The van der Waals surface area contributed by atoms with E-state index in [-0.39, 0.29) is 11.4 Å². The van der Waals surface area contributed by atoms with Gasteiger partial charge in [-0.25, -0.2) is 0 Å². The Morgan fingerprint density at radius 1 is 1.33 bits per heavy atom. The number of hydrogen-bond acceptors (Lipinski definition) is 1. The summed E-state index contributed by atoms with van der Waals surface area (Å²) in [5.41, 5.74) is -0.0895. The fourth-order valence-corrected chi connectivity index (χ4v) is 2.65. The lowest BCUT2D eigenvalue weighted by molar-refractivity contribution is -0.124. The zero-order valence-corrected chi connectivity index (χ0v) is 10.1. The van der Waals surface area contributed by atoms with Gasteiger partial charge >= 0.3 is 0 Å². The lowest BCUT2D eigenvalue weighted by Gasteiger charge is -2.38. The van der Waals surface area contributed by atoms with Crippen LogP contribution in [0.3, 0.4) is 0 Å². The van der Waals surface area contributed by atoms with E-state index in [2.05, 4.69) is 12.2 Å². The Hall–Kier alpha value is -0.240. The minimum Gasteiger partial charge on any atom is -0.349 e. The first kappa shape index (κ1) is 11.3. The summed E-state index contributed by atoms with van der Waals surface area (Å²) in [7, 11) is 0. The van der Waals surface area contributed by atoms with Gasteiger partial charge in [-0.2, -0.15) is 0 Å². The van der Waals surface area contributed by atoms with E-state index in [1.54, 1.807) is 0 Å². The van der Waals surface area contributed by atoms with Gasteiger partial charge in [0.05, 0.1) is 5.54 Å². The van der Waals surface area contributed by atoms with Gasteiger partial charge in [-0.15, -0.1) is 11.6 Å². The summed E-state index contributed by atoms with van der Waals surface area (Å²) < 4.78 is 0. The lowest BCUT2D eigenvalue weighted by atomic mass is 9.78. The van der Waals surface area contributed by atoms with Crippen molar-refractivity contribution in [2.45, 2.75) is 51.0 Å². The van der Waals surface area contributed by atoms with Crippen LogP contribution in [0.4, 0.5) is 0 Å². The summed E-state index contributed by atoms with van der Waals surface area (Å²) in [6.45, 7) is 2.28. The van der Waals surface area contributed by atoms with Gasteiger partial charge in [0.25, 0.3) is 0 Å². The van der Waals surface area contributed by atoms with Gasteiger partial charge in [-0.05, 0) is 44.4 Å². The Bertz CT molecular complexity index is 242. The molecular weight excluding hydrogens is 210 g/mol. The molecule has 0 aliphatic heterocycles. The quantitative estimate of drug-likeness (QED) is 0.741. The maximum Gasteiger partial charge on any atom is 0.223 e. The second-order valence-electron chi connectivity index (χ2n) is 5.36. The van der Waals surface area contributed by atoms with Crippen LogP contribution in [0.2, 0.25) is 0 Å². The van der Waals surface area contributed by atoms with E-state index in [4.69, 9.17) is 11.6 Å². The summed E-state index contributed by atoms with van der Waals surface area (Å²) in [5.74, 6) is 1.90. The van der Waals surface area contributed by atoms with Crippen LogP contribution in [-0.4, -0.2) is 17.3 Å². The molecule has 0 aromatic heterocycles. The second-order valence-corrected chi connectivity index (χ2v) is 5.63. The summed E-state index contributed by atoms with van der Waals surface area (Å²) >= 11 is 6.04. The topological polar surface area (TPSA) is 29.1 Å². The van der Waals surface area contributed by atoms with Crippen molar-refractivity contribution in [1.82, 2.24) is 5.32 Å². The largest absolute Gasteiger partial charge is 0.349 e. The summed E-state index contributed by atoms with van der Waals surface area (Å²) in [5, 5.41) is 3.19. The molecule has 0 bridgehead atoms. The van der Waals surface area contributed by atoms with Crippen molar-refractivity contribution < 1.29 is 4.79 Å². The van der Waals surface area contributed by atoms with Gasteiger partial charge in [0, 0.05) is 11.8 Å². The highest BCUT2D eigenvalue weighted by Crippen LogP contribution is 2.35. The Balaban J connectivity index is 1.92. The SMILES string of the molecule is CC1CCC(CCl)(NC(=O)C2CC2)CC1. The minimum absolute atomic E-state index is 0.0895. The van der Waals surface area contributed by atoms with Crippen molar-refractivity contribution in [3.63, 3.8) is 0 Å². The second kappa shape index (κ2) is 4.32.